The van der Waals surface area contributed by atoms with Crippen LogP contribution in [-0.4, -0.2) is 28.3 Å². The van der Waals surface area contributed by atoms with Gasteiger partial charge in [-0.1, -0.05) is 62.5 Å². The van der Waals surface area contributed by atoms with Crippen molar-refractivity contribution < 1.29 is 24.2 Å². The lowest BCUT2D eigenvalue weighted by Gasteiger charge is -2.30. The highest BCUT2D eigenvalue weighted by atomic mass is 16.7. The van der Waals surface area contributed by atoms with Crippen molar-refractivity contribution in [2.75, 3.05) is 0 Å². The lowest BCUT2D eigenvalue weighted by atomic mass is 9.73. The van der Waals surface area contributed by atoms with Crippen LogP contribution in [0.3, 0.4) is 0 Å². The summed E-state index contributed by atoms with van der Waals surface area (Å²) in [4.78, 5) is 44.6. The molecule has 0 heterocycles. The van der Waals surface area contributed by atoms with Crippen LogP contribution in [0, 0.1) is 10.1 Å². The Morgan fingerprint density at radius 1 is 0.872 bits per heavy atom. The summed E-state index contributed by atoms with van der Waals surface area (Å²) in [5.41, 5.74) is 5.14. The van der Waals surface area contributed by atoms with E-state index in [1.54, 1.807) is 6.92 Å². The van der Waals surface area contributed by atoms with Gasteiger partial charge in [0.25, 0.3) is 5.69 Å². The summed E-state index contributed by atoms with van der Waals surface area (Å²) in [6.07, 6.45) is 6.24. The summed E-state index contributed by atoms with van der Waals surface area (Å²) in [6, 6.07) is 9.28. The van der Waals surface area contributed by atoms with Crippen LogP contribution in [0.4, 0.5) is 5.69 Å². The second kappa shape index (κ2) is 12.8. The van der Waals surface area contributed by atoms with Crippen molar-refractivity contribution in [3.05, 3.63) is 62.7 Å². The second-order valence-electron chi connectivity index (χ2n) is 9.92. The molecule has 3 rings (SSSR count). The minimum atomic E-state index is -0.567. The Morgan fingerprint density at radius 3 is 2.10 bits per heavy atom. The van der Waals surface area contributed by atoms with Gasteiger partial charge in [-0.15, -0.1) is 0 Å². The molecule has 2 aromatic carbocycles. The number of fused-ring (bicyclic) bond motifs is 3. The van der Waals surface area contributed by atoms with E-state index in [0.717, 1.165) is 47.9 Å². The molecule has 0 saturated carbocycles. The quantitative estimate of drug-likeness (QED) is 0.0931. The monoisotopic (exact) mass is 535 g/mol. The molecule has 39 heavy (non-hydrogen) atoms. The standard InChI is InChI=1S/C30H37N3O6/c1-7-10-11-12-13-27(32-39-21(6)35)22-14-15-24-25(16-22)30(8-2,9-3)26-17-23(19(4)31-38-20(5)34)18-28(29(24)26)33(36)37/h14-18H,7-13H2,1-6H3/b31-19+,32-27+. The number of nitro benzene ring substituents is 1. The molecule has 0 spiro atoms. The van der Waals surface area contributed by atoms with Crippen LogP contribution in [0.25, 0.3) is 11.1 Å². The summed E-state index contributed by atoms with van der Waals surface area (Å²) >= 11 is 0. The van der Waals surface area contributed by atoms with E-state index < -0.39 is 17.4 Å². The lowest BCUT2D eigenvalue weighted by Crippen LogP contribution is -2.24. The Balaban J connectivity index is 2.21. The molecule has 0 N–H and O–H groups in total. The fraction of sp³-hybridized carbons (Fsp3) is 0.467. The zero-order chi connectivity index (χ0) is 28.7. The second-order valence-corrected chi connectivity index (χ2v) is 9.92. The predicted octanol–water partition coefficient (Wildman–Crippen LogP) is 7.21. The third-order valence-corrected chi connectivity index (χ3v) is 7.46. The largest absolute Gasteiger partial charge is 0.331 e. The fourth-order valence-corrected chi connectivity index (χ4v) is 5.40. The van der Waals surface area contributed by atoms with Crippen molar-refractivity contribution in [3.63, 3.8) is 0 Å². The van der Waals surface area contributed by atoms with Gasteiger partial charge in [-0.05, 0) is 67.0 Å². The molecule has 0 amide bonds. The van der Waals surface area contributed by atoms with Crippen molar-refractivity contribution >= 4 is 29.0 Å². The molecular weight excluding hydrogens is 498 g/mol. The van der Waals surface area contributed by atoms with Gasteiger partial charge in [-0.3, -0.25) is 10.1 Å². The van der Waals surface area contributed by atoms with E-state index in [9.17, 15) is 19.7 Å². The minimum Gasteiger partial charge on any atom is -0.318 e. The van der Waals surface area contributed by atoms with Crippen LogP contribution < -0.4 is 0 Å². The van der Waals surface area contributed by atoms with Crippen molar-refractivity contribution in [3.8, 4) is 11.1 Å². The van der Waals surface area contributed by atoms with Gasteiger partial charge in [0.15, 0.2) is 0 Å². The number of carbonyl (C=O) groups is 2. The van der Waals surface area contributed by atoms with E-state index in [4.69, 9.17) is 9.68 Å². The first-order valence-corrected chi connectivity index (χ1v) is 13.5. The molecule has 1 aliphatic carbocycles. The molecule has 0 aromatic heterocycles. The number of carbonyl (C=O) groups excluding carboxylic acids is 2. The number of rotatable bonds is 12. The number of nitrogens with zero attached hydrogens (tertiary/aromatic N) is 3. The van der Waals surface area contributed by atoms with E-state index in [1.807, 2.05) is 24.3 Å². The van der Waals surface area contributed by atoms with Gasteiger partial charge in [-0.2, -0.15) is 0 Å². The third kappa shape index (κ3) is 6.24. The molecule has 0 bridgehead atoms. The topological polar surface area (TPSA) is 120 Å². The molecule has 0 radical (unpaired) electrons. The van der Waals surface area contributed by atoms with Crippen LogP contribution in [0.5, 0.6) is 0 Å². The number of nitro groups is 1. The van der Waals surface area contributed by atoms with Crippen molar-refractivity contribution in [2.24, 2.45) is 10.3 Å². The number of unbranched alkanes of at least 4 members (excludes halogenated alkanes) is 3. The first-order chi connectivity index (χ1) is 18.6. The van der Waals surface area contributed by atoms with Crippen LogP contribution in [0.2, 0.25) is 0 Å². The van der Waals surface area contributed by atoms with Gasteiger partial charge in [0.05, 0.1) is 21.9 Å². The van der Waals surface area contributed by atoms with E-state index in [-0.39, 0.29) is 10.6 Å². The first-order valence-electron chi connectivity index (χ1n) is 13.5. The Hall–Kier alpha value is -3.88. The Bertz CT molecular complexity index is 1320. The zero-order valence-electron chi connectivity index (χ0n) is 23.6. The molecule has 208 valence electrons. The van der Waals surface area contributed by atoms with E-state index in [1.165, 1.54) is 19.9 Å². The van der Waals surface area contributed by atoms with Crippen LogP contribution in [0.15, 0.2) is 40.6 Å². The molecule has 0 atom stereocenters. The van der Waals surface area contributed by atoms with E-state index >= 15 is 0 Å². The average Bonchev–Trinajstić information content (AvgIpc) is 3.19. The smallest absolute Gasteiger partial charge is 0.318 e. The lowest BCUT2D eigenvalue weighted by molar-refractivity contribution is -0.384. The maximum atomic E-state index is 12.3. The number of oxime groups is 2. The van der Waals surface area contributed by atoms with Gasteiger partial charge in [0, 0.05) is 30.9 Å². The summed E-state index contributed by atoms with van der Waals surface area (Å²) in [7, 11) is 0. The summed E-state index contributed by atoms with van der Waals surface area (Å²) < 4.78 is 0. The summed E-state index contributed by atoms with van der Waals surface area (Å²) in [6.45, 7) is 10.5. The normalized spacial score (nSPS) is 14.0. The molecular formula is C30H37N3O6. The molecule has 0 fully saturated rings. The Kier molecular flexibility index (Phi) is 9.72. The molecule has 9 heteroatoms. The molecule has 0 unspecified atom stereocenters. The fourth-order valence-electron chi connectivity index (χ4n) is 5.40. The Morgan fingerprint density at radius 2 is 1.51 bits per heavy atom. The van der Waals surface area contributed by atoms with Gasteiger partial charge < -0.3 is 9.68 Å². The van der Waals surface area contributed by atoms with Crippen LogP contribution >= 0.6 is 0 Å². The highest BCUT2D eigenvalue weighted by molar-refractivity contribution is 6.04. The highest BCUT2D eigenvalue weighted by Crippen LogP contribution is 2.56. The van der Waals surface area contributed by atoms with Crippen molar-refractivity contribution in [2.45, 2.75) is 91.9 Å². The molecule has 2 aromatic rings. The first kappa shape index (κ1) is 29.7. The van der Waals surface area contributed by atoms with Gasteiger partial charge >= 0.3 is 11.9 Å². The predicted molar refractivity (Wildman–Crippen MR) is 151 cm³/mol. The van der Waals surface area contributed by atoms with E-state index in [2.05, 4.69) is 31.1 Å². The molecule has 1 aliphatic rings. The van der Waals surface area contributed by atoms with Gasteiger partial charge in [0.2, 0.25) is 0 Å². The van der Waals surface area contributed by atoms with Crippen LogP contribution in [-0.2, 0) is 24.7 Å². The maximum Gasteiger partial charge on any atom is 0.331 e. The molecule has 9 nitrogen and oxygen atoms in total. The van der Waals surface area contributed by atoms with Crippen LogP contribution in [0.1, 0.15) is 109 Å². The average molecular weight is 536 g/mol. The van der Waals surface area contributed by atoms with Gasteiger partial charge in [0.1, 0.15) is 0 Å². The van der Waals surface area contributed by atoms with Crippen molar-refractivity contribution in [1.29, 1.82) is 0 Å². The minimum absolute atomic E-state index is 0.0222. The van der Waals surface area contributed by atoms with Gasteiger partial charge in [-0.25, -0.2) is 9.59 Å². The third-order valence-electron chi connectivity index (χ3n) is 7.46. The maximum absolute atomic E-state index is 12.3. The zero-order valence-corrected chi connectivity index (χ0v) is 23.6. The Labute approximate surface area is 229 Å². The summed E-state index contributed by atoms with van der Waals surface area (Å²) in [5.74, 6) is -1.05. The number of hydrogen-bond donors (Lipinski definition) is 0. The highest BCUT2D eigenvalue weighted by Gasteiger charge is 2.44. The van der Waals surface area contributed by atoms with Crippen molar-refractivity contribution in [1.82, 2.24) is 0 Å². The SMILES string of the molecule is CCCCCC/C(=N\OC(C)=O)c1ccc2c(c1)C(CC)(CC)c1cc(/C(C)=N/OC(C)=O)cc([N+](=O)[O-])c1-2. The number of benzene rings is 2. The summed E-state index contributed by atoms with van der Waals surface area (Å²) in [5, 5.41) is 20.4. The van der Waals surface area contributed by atoms with E-state index in [0.29, 0.717) is 41.8 Å². The molecule has 0 saturated heterocycles. The molecule has 0 aliphatic heterocycles. The number of hydrogen-bond acceptors (Lipinski definition) is 8.